The Balaban J connectivity index is 1.30. The van der Waals surface area contributed by atoms with Crippen molar-refractivity contribution in [1.82, 2.24) is 0 Å². The Morgan fingerprint density at radius 3 is 1.51 bits per heavy atom. The largest absolute Gasteiger partial charge is 0.310 e. The summed E-state index contributed by atoms with van der Waals surface area (Å²) in [6, 6.07) is 56.3. The minimum atomic E-state index is -0.158. The first-order valence-electron chi connectivity index (χ1n) is 19.6. The van der Waals surface area contributed by atoms with Crippen LogP contribution in [0.3, 0.4) is 0 Å². The van der Waals surface area contributed by atoms with E-state index in [2.05, 4.69) is 212 Å². The molecule has 1 aromatic heterocycles. The fraction of sp³-hybridized carbons (Fsp3) is 0.208. The molecular weight excluding hydrogens is 683 g/mol. The van der Waals surface area contributed by atoms with Crippen LogP contribution in [0.15, 0.2) is 152 Å². The van der Waals surface area contributed by atoms with Crippen LogP contribution in [0.2, 0.25) is 0 Å². The van der Waals surface area contributed by atoms with E-state index in [-0.39, 0.29) is 16.2 Å². The first-order valence-corrected chi connectivity index (χ1v) is 20.4. The molecule has 1 aliphatic carbocycles. The number of rotatable bonds is 5. The van der Waals surface area contributed by atoms with E-state index in [0.717, 1.165) is 11.4 Å². The van der Waals surface area contributed by atoms with Crippen molar-refractivity contribution in [2.45, 2.75) is 71.6 Å². The highest BCUT2D eigenvalue weighted by molar-refractivity contribution is 7.26. The molecule has 0 radical (unpaired) electrons. The van der Waals surface area contributed by atoms with Crippen LogP contribution in [0.25, 0.3) is 53.6 Å². The predicted molar refractivity (Wildman–Crippen MR) is 240 cm³/mol. The topological polar surface area (TPSA) is 3.24 Å². The molecule has 2 heteroatoms. The van der Waals surface area contributed by atoms with E-state index in [1.807, 2.05) is 11.3 Å². The van der Waals surface area contributed by atoms with Crippen LogP contribution in [0, 0.1) is 0 Å². The minimum absolute atomic E-state index is 0.0144. The van der Waals surface area contributed by atoms with Crippen molar-refractivity contribution < 1.29 is 0 Å². The first kappa shape index (κ1) is 35.3. The summed E-state index contributed by atoms with van der Waals surface area (Å²) in [6.07, 6.45) is 0. The Morgan fingerprint density at radius 1 is 0.455 bits per heavy atom. The van der Waals surface area contributed by atoms with E-state index in [0.29, 0.717) is 0 Å². The van der Waals surface area contributed by atoms with Gasteiger partial charge in [-0.05, 0) is 91.7 Å². The van der Waals surface area contributed by atoms with Crippen LogP contribution < -0.4 is 4.90 Å². The van der Waals surface area contributed by atoms with Gasteiger partial charge in [0.2, 0.25) is 0 Å². The zero-order valence-electron chi connectivity index (χ0n) is 33.3. The van der Waals surface area contributed by atoms with Crippen molar-refractivity contribution in [3.8, 4) is 33.4 Å². The summed E-state index contributed by atoms with van der Waals surface area (Å²) < 4.78 is 2.81. The number of fused-ring (bicyclic) bond motifs is 7. The van der Waals surface area contributed by atoms with Crippen LogP contribution >= 0.6 is 11.3 Å². The van der Waals surface area contributed by atoms with Gasteiger partial charge < -0.3 is 4.90 Å². The fourth-order valence-electron chi connectivity index (χ4n) is 8.65. The Kier molecular flexibility index (Phi) is 8.22. The average Bonchev–Trinajstić information content (AvgIpc) is 3.67. The molecule has 7 aromatic carbocycles. The van der Waals surface area contributed by atoms with Gasteiger partial charge in [-0.1, -0.05) is 171 Å². The zero-order valence-corrected chi connectivity index (χ0v) is 34.1. The van der Waals surface area contributed by atoms with Gasteiger partial charge in [-0.3, -0.25) is 0 Å². The first-order chi connectivity index (χ1) is 26.3. The zero-order chi connectivity index (χ0) is 38.3. The second kappa shape index (κ2) is 12.8. The van der Waals surface area contributed by atoms with Gasteiger partial charge in [0.25, 0.3) is 0 Å². The number of hydrogen-bond donors (Lipinski definition) is 0. The molecule has 1 aliphatic rings. The van der Waals surface area contributed by atoms with Crippen LogP contribution in [0.4, 0.5) is 17.1 Å². The SMILES string of the molecule is CC(C)(C)c1cc(C(C)(C)C)c2sc3c4c(ccc3c2c1)C(C)(C)c1cccc(N(c2ccc(-c3ccccc3)cc2)c2ccc(-c3ccccc3)cc2)c1-4. The van der Waals surface area contributed by atoms with Crippen molar-refractivity contribution >= 4 is 48.6 Å². The Labute approximate surface area is 330 Å². The summed E-state index contributed by atoms with van der Waals surface area (Å²) in [4.78, 5) is 2.48. The van der Waals surface area contributed by atoms with Gasteiger partial charge in [0.05, 0.1) is 5.69 Å². The van der Waals surface area contributed by atoms with Crippen LogP contribution in [-0.4, -0.2) is 0 Å². The molecule has 9 rings (SSSR count). The molecular formula is C53H49NS. The van der Waals surface area contributed by atoms with Crippen molar-refractivity contribution in [1.29, 1.82) is 0 Å². The van der Waals surface area contributed by atoms with Gasteiger partial charge in [0, 0.05) is 48.1 Å². The monoisotopic (exact) mass is 731 g/mol. The van der Waals surface area contributed by atoms with E-state index in [1.165, 1.54) is 81.5 Å². The lowest BCUT2D eigenvalue weighted by atomic mass is 9.79. The fourth-order valence-corrected chi connectivity index (χ4v) is 10.2. The number of anilines is 3. The van der Waals surface area contributed by atoms with Gasteiger partial charge in [-0.15, -0.1) is 11.3 Å². The third-order valence-corrected chi connectivity index (χ3v) is 13.0. The molecule has 1 heterocycles. The van der Waals surface area contributed by atoms with E-state index < -0.39 is 0 Å². The Hall–Kier alpha value is -5.44. The molecule has 55 heavy (non-hydrogen) atoms. The summed E-state index contributed by atoms with van der Waals surface area (Å²) in [5, 5.41) is 2.74. The standard InChI is InChI=1S/C53H49NS/c1-51(2,3)38-32-42-41-30-31-44-48(50(41)55-49(42)45(33-38)52(4,5)6)47-43(53(44,7)8)20-15-21-46(47)54(39-26-22-36(23-27-39)34-16-11-9-12-17-34)40-28-24-37(25-29-40)35-18-13-10-14-19-35/h9-33H,1-8H3. The third-order valence-electron chi connectivity index (χ3n) is 11.8. The summed E-state index contributed by atoms with van der Waals surface area (Å²) >= 11 is 2.00. The lowest BCUT2D eigenvalue weighted by Gasteiger charge is -2.29. The van der Waals surface area contributed by atoms with Gasteiger partial charge in [0.15, 0.2) is 0 Å². The second-order valence-corrected chi connectivity index (χ2v) is 18.9. The molecule has 272 valence electrons. The lowest BCUT2D eigenvalue weighted by Crippen LogP contribution is -2.16. The molecule has 0 saturated heterocycles. The Bertz CT molecular complexity index is 2620. The van der Waals surface area contributed by atoms with Gasteiger partial charge >= 0.3 is 0 Å². The summed E-state index contributed by atoms with van der Waals surface area (Å²) in [5.41, 5.74) is 16.6. The van der Waals surface area contributed by atoms with Gasteiger partial charge in [-0.25, -0.2) is 0 Å². The van der Waals surface area contributed by atoms with Crippen molar-refractivity contribution in [3.63, 3.8) is 0 Å². The highest BCUT2D eigenvalue weighted by Gasteiger charge is 2.40. The molecule has 0 aliphatic heterocycles. The van der Waals surface area contributed by atoms with Crippen LogP contribution in [0.5, 0.6) is 0 Å². The highest BCUT2D eigenvalue weighted by atomic mass is 32.1. The number of hydrogen-bond acceptors (Lipinski definition) is 2. The molecule has 0 N–H and O–H groups in total. The normalized spacial score (nSPS) is 13.6. The van der Waals surface area contributed by atoms with E-state index in [4.69, 9.17) is 0 Å². The molecule has 1 nitrogen and oxygen atoms in total. The van der Waals surface area contributed by atoms with E-state index in [9.17, 15) is 0 Å². The third kappa shape index (κ3) is 5.90. The Morgan fingerprint density at radius 2 is 0.982 bits per heavy atom. The van der Waals surface area contributed by atoms with Crippen molar-refractivity contribution in [3.05, 3.63) is 174 Å². The smallest absolute Gasteiger partial charge is 0.0543 e. The molecule has 0 fully saturated rings. The summed E-state index contributed by atoms with van der Waals surface area (Å²) in [5.74, 6) is 0. The van der Waals surface area contributed by atoms with Crippen LogP contribution in [0.1, 0.15) is 77.6 Å². The summed E-state index contributed by atoms with van der Waals surface area (Å²) in [6.45, 7) is 18.9. The molecule has 0 atom stereocenters. The second-order valence-electron chi connectivity index (χ2n) is 17.9. The van der Waals surface area contributed by atoms with E-state index >= 15 is 0 Å². The van der Waals surface area contributed by atoms with E-state index in [1.54, 1.807) is 0 Å². The van der Waals surface area contributed by atoms with Crippen molar-refractivity contribution in [2.24, 2.45) is 0 Å². The van der Waals surface area contributed by atoms with Gasteiger partial charge in [-0.2, -0.15) is 0 Å². The maximum Gasteiger partial charge on any atom is 0.0543 e. The maximum atomic E-state index is 2.49. The van der Waals surface area contributed by atoms with Gasteiger partial charge in [0.1, 0.15) is 0 Å². The number of benzene rings is 7. The minimum Gasteiger partial charge on any atom is -0.310 e. The maximum absolute atomic E-state index is 2.49. The summed E-state index contributed by atoms with van der Waals surface area (Å²) in [7, 11) is 0. The molecule has 8 aromatic rings. The quantitative estimate of drug-likeness (QED) is 0.170. The lowest BCUT2D eigenvalue weighted by molar-refractivity contribution is 0.573. The predicted octanol–water partition coefficient (Wildman–Crippen LogP) is 15.8. The molecule has 0 unspecified atom stereocenters. The number of thiophene rings is 1. The molecule has 0 saturated carbocycles. The molecule has 0 amide bonds. The van der Waals surface area contributed by atoms with Crippen LogP contribution in [-0.2, 0) is 16.2 Å². The highest BCUT2D eigenvalue weighted by Crippen LogP contribution is 2.58. The molecule has 0 spiro atoms. The molecule has 0 bridgehead atoms. The average molecular weight is 732 g/mol. The number of nitrogens with zero attached hydrogens (tertiary/aromatic N) is 1. The van der Waals surface area contributed by atoms with Crippen molar-refractivity contribution in [2.75, 3.05) is 4.90 Å².